The number of amides is 1. The number of ether oxygens (including phenoxy) is 1. The predicted molar refractivity (Wildman–Crippen MR) is 121 cm³/mol. The van der Waals surface area contributed by atoms with Gasteiger partial charge in [0.05, 0.1) is 12.8 Å². The summed E-state index contributed by atoms with van der Waals surface area (Å²) in [6.07, 6.45) is -0.565. The van der Waals surface area contributed by atoms with Gasteiger partial charge in [0.2, 0.25) is 11.7 Å². The van der Waals surface area contributed by atoms with E-state index in [1.165, 1.54) is 12.2 Å². The molecule has 0 bridgehead atoms. The van der Waals surface area contributed by atoms with Crippen LogP contribution in [0.4, 0.5) is 4.79 Å². The molecule has 1 atom stereocenters. The number of carbonyl (C=O) groups is 1. The molecule has 0 spiro atoms. The SMILES string of the molecule is COC(=O)N1OCc2c([nH]c3ccc(Br)cc23)C1c1ccc(-c2noc(C(C)C)n2)cc1. The van der Waals surface area contributed by atoms with Crippen molar-refractivity contribution in [2.45, 2.75) is 32.4 Å². The first-order valence-electron chi connectivity index (χ1n) is 10.2. The van der Waals surface area contributed by atoms with Gasteiger partial charge in [-0.2, -0.15) is 10.0 Å². The number of benzene rings is 2. The van der Waals surface area contributed by atoms with Gasteiger partial charge < -0.3 is 14.2 Å². The fourth-order valence-corrected chi connectivity index (χ4v) is 4.27. The largest absolute Gasteiger partial charge is 0.451 e. The molecule has 1 aliphatic heterocycles. The Bertz CT molecular complexity index is 1300. The van der Waals surface area contributed by atoms with Crippen LogP contribution in [0.2, 0.25) is 0 Å². The lowest BCUT2D eigenvalue weighted by molar-refractivity contribution is -0.173. The van der Waals surface area contributed by atoms with Crippen LogP contribution in [0.3, 0.4) is 0 Å². The van der Waals surface area contributed by atoms with Crippen LogP contribution in [0.5, 0.6) is 0 Å². The summed E-state index contributed by atoms with van der Waals surface area (Å²) < 4.78 is 11.3. The highest BCUT2D eigenvalue weighted by molar-refractivity contribution is 9.10. The van der Waals surface area contributed by atoms with E-state index in [4.69, 9.17) is 14.1 Å². The number of carbonyl (C=O) groups excluding carboxylic acids is 1. The maximum atomic E-state index is 12.5. The molecule has 0 aliphatic carbocycles. The third-order valence-corrected chi connectivity index (χ3v) is 6.03. The van der Waals surface area contributed by atoms with E-state index >= 15 is 0 Å². The molecule has 2 aromatic carbocycles. The molecule has 0 fully saturated rings. The van der Waals surface area contributed by atoms with E-state index in [9.17, 15) is 4.79 Å². The number of nitrogens with zero attached hydrogens (tertiary/aromatic N) is 3. The monoisotopic (exact) mass is 496 g/mol. The molecule has 1 aliphatic rings. The molecule has 8 nitrogen and oxygen atoms in total. The van der Waals surface area contributed by atoms with Gasteiger partial charge in [-0.15, -0.1) is 0 Å². The number of H-pyrrole nitrogens is 1. The van der Waals surface area contributed by atoms with Gasteiger partial charge in [0.25, 0.3) is 0 Å². The van der Waals surface area contributed by atoms with Gasteiger partial charge >= 0.3 is 6.09 Å². The van der Waals surface area contributed by atoms with E-state index in [0.29, 0.717) is 11.7 Å². The summed E-state index contributed by atoms with van der Waals surface area (Å²) in [6.45, 7) is 4.26. The molecule has 32 heavy (non-hydrogen) atoms. The first-order chi connectivity index (χ1) is 15.5. The number of rotatable bonds is 3. The van der Waals surface area contributed by atoms with Gasteiger partial charge in [-0.3, -0.25) is 4.84 Å². The Morgan fingerprint density at radius 3 is 2.72 bits per heavy atom. The Kier molecular flexibility index (Phi) is 5.22. The standard InChI is InChI=1S/C23H21BrN4O4/c1-12(2)22-26-21(27-32-22)14-6-4-13(5-7-14)20-19-17(11-31-28(20)23(29)30-3)16-10-15(24)8-9-18(16)25-19/h4-10,12,20,25H,11H2,1-3H3. The van der Waals surface area contributed by atoms with E-state index in [1.54, 1.807) is 0 Å². The maximum absolute atomic E-state index is 12.5. The highest BCUT2D eigenvalue weighted by Gasteiger charge is 2.36. The summed E-state index contributed by atoms with van der Waals surface area (Å²) in [5, 5.41) is 6.39. The zero-order valence-corrected chi connectivity index (χ0v) is 19.3. The van der Waals surface area contributed by atoms with Gasteiger partial charge in [-0.1, -0.05) is 59.2 Å². The Hall–Kier alpha value is -3.17. The summed E-state index contributed by atoms with van der Waals surface area (Å²) in [7, 11) is 1.34. The summed E-state index contributed by atoms with van der Waals surface area (Å²) in [4.78, 5) is 26.3. The number of fused-ring (bicyclic) bond motifs is 3. The van der Waals surface area contributed by atoms with Crippen LogP contribution in [0, 0.1) is 0 Å². The highest BCUT2D eigenvalue weighted by Crippen LogP contribution is 2.40. The fourth-order valence-electron chi connectivity index (χ4n) is 3.91. The maximum Gasteiger partial charge on any atom is 0.434 e. The average molecular weight is 497 g/mol. The van der Waals surface area contributed by atoms with E-state index in [2.05, 4.69) is 31.1 Å². The van der Waals surface area contributed by atoms with E-state index in [1.807, 2.05) is 56.3 Å². The molecule has 0 saturated carbocycles. The van der Waals surface area contributed by atoms with Crippen LogP contribution >= 0.6 is 15.9 Å². The van der Waals surface area contributed by atoms with E-state index < -0.39 is 12.1 Å². The number of hydroxylamine groups is 2. The van der Waals surface area contributed by atoms with Crippen LogP contribution in [-0.2, 0) is 16.2 Å². The van der Waals surface area contributed by atoms with Crippen molar-refractivity contribution in [2.24, 2.45) is 0 Å². The summed E-state index contributed by atoms with van der Waals surface area (Å²) >= 11 is 3.53. The molecule has 4 aromatic rings. The lowest BCUT2D eigenvalue weighted by Gasteiger charge is -2.33. The number of hydrogen-bond acceptors (Lipinski definition) is 6. The fraction of sp³-hybridized carbons (Fsp3) is 0.261. The number of hydrogen-bond donors (Lipinski definition) is 1. The molecule has 0 saturated heterocycles. The van der Waals surface area contributed by atoms with Gasteiger partial charge in [0.15, 0.2) is 0 Å². The summed E-state index contributed by atoms with van der Waals surface area (Å²) in [5.74, 6) is 1.28. The van der Waals surface area contributed by atoms with Crippen molar-refractivity contribution in [3.8, 4) is 11.4 Å². The van der Waals surface area contributed by atoms with Crippen LogP contribution in [-0.4, -0.2) is 33.4 Å². The van der Waals surface area contributed by atoms with Gasteiger partial charge in [-0.05, 0) is 23.8 Å². The molecule has 1 N–H and O–H groups in total. The average Bonchev–Trinajstić information content (AvgIpc) is 3.43. The minimum Gasteiger partial charge on any atom is -0.451 e. The lowest BCUT2D eigenvalue weighted by atomic mass is 9.97. The van der Waals surface area contributed by atoms with Crippen LogP contribution < -0.4 is 0 Å². The summed E-state index contributed by atoms with van der Waals surface area (Å²) in [6, 6.07) is 13.2. The molecule has 1 amide bonds. The Morgan fingerprint density at radius 1 is 1.25 bits per heavy atom. The molecular formula is C23H21BrN4O4. The quantitative estimate of drug-likeness (QED) is 0.390. The smallest absolute Gasteiger partial charge is 0.434 e. The second-order valence-corrected chi connectivity index (χ2v) is 8.83. The summed E-state index contributed by atoms with van der Waals surface area (Å²) in [5.41, 5.74) is 4.56. The minimum atomic E-state index is -0.565. The first-order valence-corrected chi connectivity index (χ1v) is 11.0. The van der Waals surface area contributed by atoms with Crippen LogP contribution in [0.25, 0.3) is 22.3 Å². The molecule has 9 heteroatoms. The molecular weight excluding hydrogens is 476 g/mol. The second-order valence-electron chi connectivity index (χ2n) is 7.91. The molecule has 1 unspecified atom stereocenters. The zero-order chi connectivity index (χ0) is 22.4. The molecule has 164 valence electrons. The van der Waals surface area contributed by atoms with Crippen molar-refractivity contribution in [3.63, 3.8) is 0 Å². The van der Waals surface area contributed by atoms with Gasteiger partial charge in [-0.25, -0.2) is 4.79 Å². The number of aromatic amines is 1. The Balaban J connectivity index is 1.57. The Labute approximate surface area is 192 Å². The van der Waals surface area contributed by atoms with Crippen molar-refractivity contribution >= 4 is 32.9 Å². The van der Waals surface area contributed by atoms with Crippen LogP contribution in [0.1, 0.15) is 48.5 Å². The van der Waals surface area contributed by atoms with Gasteiger partial charge in [0.1, 0.15) is 12.6 Å². The van der Waals surface area contributed by atoms with Gasteiger partial charge in [0, 0.05) is 32.4 Å². The third kappa shape index (κ3) is 3.47. The highest BCUT2D eigenvalue weighted by atomic mass is 79.9. The van der Waals surface area contributed by atoms with E-state index in [0.717, 1.165) is 37.8 Å². The minimum absolute atomic E-state index is 0.156. The van der Waals surface area contributed by atoms with Crippen molar-refractivity contribution in [1.29, 1.82) is 0 Å². The number of halogens is 1. The lowest BCUT2D eigenvalue weighted by Crippen LogP contribution is -2.38. The number of nitrogens with one attached hydrogen (secondary N) is 1. The zero-order valence-electron chi connectivity index (χ0n) is 17.8. The molecule has 0 radical (unpaired) electrons. The normalized spacial score (nSPS) is 15.9. The van der Waals surface area contributed by atoms with Crippen molar-refractivity contribution < 1.29 is 18.9 Å². The molecule has 3 heterocycles. The first kappa shape index (κ1) is 20.7. The Morgan fingerprint density at radius 2 is 2.03 bits per heavy atom. The topological polar surface area (TPSA) is 93.5 Å². The van der Waals surface area contributed by atoms with Crippen LogP contribution in [0.15, 0.2) is 51.5 Å². The van der Waals surface area contributed by atoms with Crippen molar-refractivity contribution in [1.82, 2.24) is 20.2 Å². The molecule has 5 rings (SSSR count). The predicted octanol–water partition coefficient (Wildman–Crippen LogP) is 5.71. The second kappa shape index (κ2) is 8.07. The number of methoxy groups -OCH3 is 1. The molecule has 2 aromatic heterocycles. The van der Waals surface area contributed by atoms with Crippen molar-refractivity contribution in [3.05, 3.63) is 69.6 Å². The van der Waals surface area contributed by atoms with Crippen molar-refractivity contribution in [2.75, 3.05) is 7.11 Å². The number of aromatic nitrogens is 3. The van der Waals surface area contributed by atoms with E-state index in [-0.39, 0.29) is 12.5 Å². The third-order valence-electron chi connectivity index (χ3n) is 5.53.